The van der Waals surface area contributed by atoms with Gasteiger partial charge in [-0.15, -0.1) is 0 Å². The first-order chi connectivity index (χ1) is 13.8. The number of rotatable bonds is 13. The monoisotopic (exact) mass is 433 g/mol. The van der Waals surface area contributed by atoms with Crippen molar-refractivity contribution in [2.45, 2.75) is 63.9 Å². The number of aliphatic carboxylic acids is 1. The summed E-state index contributed by atoms with van der Waals surface area (Å²) in [5, 5.41) is 34.5. The van der Waals surface area contributed by atoms with E-state index in [9.17, 15) is 29.1 Å². The van der Waals surface area contributed by atoms with Crippen molar-refractivity contribution in [2.75, 3.05) is 6.61 Å². The average Bonchev–Trinajstić information content (AvgIpc) is 2.61. The third-order valence-electron chi connectivity index (χ3n) is 3.96. The van der Waals surface area contributed by atoms with Crippen LogP contribution in [0.1, 0.15) is 33.6 Å². The van der Waals surface area contributed by atoms with Crippen LogP contribution in [0.3, 0.4) is 0 Å². The zero-order chi connectivity index (χ0) is 23.6. The molecule has 5 unspecified atom stereocenters. The lowest BCUT2D eigenvalue weighted by molar-refractivity contribution is -0.143. The summed E-state index contributed by atoms with van der Waals surface area (Å²) < 4.78 is 0. The average molecular weight is 433 g/mol. The predicted molar refractivity (Wildman–Crippen MR) is 103 cm³/mol. The quantitative estimate of drug-likeness (QED) is 0.142. The smallest absolute Gasteiger partial charge is 0.328 e. The van der Waals surface area contributed by atoms with Gasteiger partial charge >= 0.3 is 5.97 Å². The zero-order valence-corrected chi connectivity index (χ0v) is 17.1. The maximum Gasteiger partial charge on any atom is 0.328 e. The van der Waals surface area contributed by atoms with Gasteiger partial charge in [-0.25, -0.2) is 4.79 Å². The number of carboxylic acid groups (broad SMARTS) is 1. The molecule has 0 aliphatic rings. The molecule has 0 bridgehead atoms. The number of carboxylic acids is 1. The highest BCUT2D eigenvalue weighted by Gasteiger charge is 2.32. The first kappa shape index (κ1) is 27.2. The minimum Gasteiger partial charge on any atom is -0.480 e. The normalized spacial score (nSPS) is 16.0. The third-order valence-corrected chi connectivity index (χ3v) is 3.96. The van der Waals surface area contributed by atoms with Crippen LogP contribution in [-0.4, -0.2) is 81.8 Å². The van der Waals surface area contributed by atoms with Crippen molar-refractivity contribution in [3.8, 4) is 0 Å². The highest BCUT2D eigenvalue weighted by Crippen LogP contribution is 2.07. The minimum absolute atomic E-state index is 0.0953. The molecule has 0 aliphatic carbocycles. The van der Waals surface area contributed by atoms with Crippen molar-refractivity contribution < 1.29 is 39.3 Å². The van der Waals surface area contributed by atoms with Crippen LogP contribution in [0.5, 0.6) is 0 Å². The molecule has 0 heterocycles. The molecule has 30 heavy (non-hydrogen) atoms. The standard InChI is InChI=1S/C17H31N5O8/c1-7(2)4-10(15(27)21-11(6-23)17(29)30)20-16(28)13(8(3)24)22-14(26)9(18)5-12(19)25/h7-11,13,23-24H,4-6,18H2,1-3H3,(H2,19,25)(H,20,28)(H,21,27)(H,22,26)(H,29,30). The van der Waals surface area contributed by atoms with Crippen molar-refractivity contribution >= 4 is 29.6 Å². The van der Waals surface area contributed by atoms with E-state index in [0.29, 0.717) is 0 Å². The van der Waals surface area contributed by atoms with Crippen molar-refractivity contribution in [3.05, 3.63) is 0 Å². The van der Waals surface area contributed by atoms with Crippen LogP contribution >= 0.6 is 0 Å². The SMILES string of the molecule is CC(C)CC(NC(=O)C(NC(=O)C(N)CC(N)=O)C(C)O)C(=O)NC(CO)C(=O)O. The van der Waals surface area contributed by atoms with Gasteiger partial charge in [0.05, 0.1) is 25.2 Å². The van der Waals surface area contributed by atoms with Gasteiger partial charge < -0.3 is 42.7 Å². The third kappa shape index (κ3) is 9.62. The number of primary amides is 1. The Hall–Kier alpha value is -2.77. The lowest BCUT2D eigenvalue weighted by Crippen LogP contribution is -2.60. The fraction of sp³-hybridized carbons (Fsp3) is 0.706. The van der Waals surface area contributed by atoms with E-state index >= 15 is 0 Å². The second-order valence-corrected chi connectivity index (χ2v) is 7.28. The molecule has 13 heteroatoms. The van der Waals surface area contributed by atoms with Crippen LogP contribution in [0.2, 0.25) is 0 Å². The van der Waals surface area contributed by atoms with E-state index in [2.05, 4.69) is 16.0 Å². The van der Waals surface area contributed by atoms with Crippen molar-refractivity contribution in [1.82, 2.24) is 16.0 Å². The number of hydrogen-bond donors (Lipinski definition) is 8. The van der Waals surface area contributed by atoms with E-state index in [0.717, 1.165) is 0 Å². The van der Waals surface area contributed by atoms with Crippen LogP contribution in [0, 0.1) is 5.92 Å². The fourth-order valence-corrected chi connectivity index (χ4v) is 2.40. The van der Waals surface area contributed by atoms with E-state index in [4.69, 9.17) is 21.7 Å². The Labute approximate surface area is 173 Å². The van der Waals surface area contributed by atoms with Crippen molar-refractivity contribution in [2.24, 2.45) is 17.4 Å². The second-order valence-electron chi connectivity index (χ2n) is 7.28. The summed E-state index contributed by atoms with van der Waals surface area (Å²) in [6, 6.07) is -5.62. The second kappa shape index (κ2) is 12.7. The lowest BCUT2D eigenvalue weighted by atomic mass is 10.0. The molecule has 0 saturated heterocycles. The first-order valence-corrected chi connectivity index (χ1v) is 9.26. The molecule has 0 aliphatic heterocycles. The molecule has 0 aromatic carbocycles. The van der Waals surface area contributed by atoms with Crippen LogP contribution in [0.4, 0.5) is 0 Å². The molecule has 10 N–H and O–H groups in total. The van der Waals surface area contributed by atoms with Gasteiger partial charge in [0.15, 0.2) is 0 Å². The molecule has 13 nitrogen and oxygen atoms in total. The summed E-state index contributed by atoms with van der Waals surface area (Å²) in [4.78, 5) is 58.9. The van der Waals surface area contributed by atoms with Crippen LogP contribution in [0.15, 0.2) is 0 Å². The minimum atomic E-state index is -1.57. The van der Waals surface area contributed by atoms with Crippen molar-refractivity contribution in [3.63, 3.8) is 0 Å². The van der Waals surface area contributed by atoms with E-state index in [1.807, 2.05) is 0 Å². The predicted octanol–water partition coefficient (Wildman–Crippen LogP) is -3.85. The Morgan fingerprint density at radius 1 is 0.900 bits per heavy atom. The molecule has 172 valence electrons. The maximum absolute atomic E-state index is 12.6. The van der Waals surface area contributed by atoms with Gasteiger partial charge in [-0.3, -0.25) is 19.2 Å². The molecule has 0 fully saturated rings. The summed E-state index contributed by atoms with van der Waals surface area (Å²) in [5.74, 6) is -5.09. The Morgan fingerprint density at radius 2 is 1.43 bits per heavy atom. The number of aliphatic hydroxyl groups excluding tert-OH is 2. The Kier molecular flexibility index (Phi) is 11.5. The molecular formula is C17H31N5O8. The molecule has 5 atom stereocenters. The van der Waals surface area contributed by atoms with Gasteiger partial charge in [0.25, 0.3) is 0 Å². The summed E-state index contributed by atoms with van der Waals surface area (Å²) in [6.45, 7) is 3.87. The van der Waals surface area contributed by atoms with Crippen LogP contribution in [-0.2, 0) is 24.0 Å². The Bertz CT molecular complexity index is 640. The summed E-state index contributed by atoms with van der Waals surface area (Å²) in [5.41, 5.74) is 10.5. The molecule has 4 amide bonds. The van der Waals surface area contributed by atoms with Gasteiger partial charge in [0.1, 0.15) is 18.1 Å². The van der Waals surface area contributed by atoms with Gasteiger partial charge in [-0.2, -0.15) is 0 Å². The molecule has 0 aromatic heterocycles. The number of carbonyl (C=O) groups is 5. The molecule has 0 saturated carbocycles. The molecule has 0 rings (SSSR count). The molecule has 0 aromatic rings. The van der Waals surface area contributed by atoms with Crippen LogP contribution in [0.25, 0.3) is 0 Å². The molecule has 0 spiro atoms. The van der Waals surface area contributed by atoms with Gasteiger partial charge in [-0.1, -0.05) is 13.8 Å². The lowest BCUT2D eigenvalue weighted by Gasteiger charge is -2.26. The van der Waals surface area contributed by atoms with E-state index in [1.54, 1.807) is 13.8 Å². The Balaban J connectivity index is 5.35. The van der Waals surface area contributed by atoms with Crippen molar-refractivity contribution in [1.29, 1.82) is 0 Å². The summed E-state index contributed by atoms with van der Waals surface area (Å²) >= 11 is 0. The number of amides is 4. The fourth-order valence-electron chi connectivity index (χ4n) is 2.40. The summed E-state index contributed by atoms with van der Waals surface area (Å²) in [7, 11) is 0. The number of aliphatic hydroxyl groups is 2. The van der Waals surface area contributed by atoms with Gasteiger partial charge in [-0.05, 0) is 19.3 Å². The number of nitrogens with two attached hydrogens (primary N) is 2. The van der Waals surface area contributed by atoms with Crippen LogP contribution < -0.4 is 27.4 Å². The van der Waals surface area contributed by atoms with E-state index in [-0.39, 0.29) is 12.3 Å². The van der Waals surface area contributed by atoms with Gasteiger partial charge in [0, 0.05) is 0 Å². The maximum atomic E-state index is 12.6. The highest BCUT2D eigenvalue weighted by atomic mass is 16.4. The molecular weight excluding hydrogens is 402 g/mol. The zero-order valence-electron chi connectivity index (χ0n) is 17.1. The highest BCUT2D eigenvalue weighted by molar-refractivity contribution is 5.95. The number of hydrogen-bond acceptors (Lipinski definition) is 8. The number of nitrogens with one attached hydrogen (secondary N) is 3. The largest absolute Gasteiger partial charge is 0.480 e. The summed E-state index contributed by atoms with van der Waals surface area (Å²) in [6.07, 6.45) is -1.76. The topological polar surface area (TPSA) is 234 Å². The van der Waals surface area contributed by atoms with E-state index < -0.39 is 72.9 Å². The first-order valence-electron chi connectivity index (χ1n) is 9.26. The van der Waals surface area contributed by atoms with Gasteiger partial charge in [0.2, 0.25) is 23.6 Å². The van der Waals surface area contributed by atoms with E-state index in [1.165, 1.54) is 6.92 Å². The number of carbonyl (C=O) groups excluding carboxylic acids is 4. The molecule has 0 radical (unpaired) electrons. The Morgan fingerprint density at radius 3 is 1.83 bits per heavy atom.